The van der Waals surface area contributed by atoms with Gasteiger partial charge in [-0.3, -0.25) is 0 Å². The smallest absolute Gasteiger partial charge is 0.338 e. The molecule has 1 aromatic heterocycles. The van der Waals surface area contributed by atoms with Crippen LogP contribution in [-0.2, 0) is 4.74 Å². The molecule has 1 aliphatic carbocycles. The van der Waals surface area contributed by atoms with Crippen molar-refractivity contribution in [2.75, 3.05) is 7.11 Å². The maximum atomic E-state index is 11.8. The number of halogens is 1. The summed E-state index contributed by atoms with van der Waals surface area (Å²) >= 11 is 5.96. The Morgan fingerprint density at radius 3 is 2.75 bits per heavy atom. The fraction of sp³-hybridized carbons (Fsp3) is 0.333. The molecule has 104 valence electrons. The van der Waals surface area contributed by atoms with Gasteiger partial charge in [-0.2, -0.15) is 0 Å². The molecule has 0 unspecified atom stereocenters. The molecule has 0 aliphatic heterocycles. The minimum atomic E-state index is -0.394. The van der Waals surface area contributed by atoms with Gasteiger partial charge >= 0.3 is 5.97 Å². The van der Waals surface area contributed by atoms with E-state index < -0.39 is 5.97 Å². The first-order valence-electron chi connectivity index (χ1n) is 6.53. The van der Waals surface area contributed by atoms with E-state index in [9.17, 15) is 4.79 Å². The Hall–Kier alpha value is -1.81. The third-order valence-corrected chi connectivity index (χ3v) is 3.75. The van der Waals surface area contributed by atoms with Crippen molar-refractivity contribution in [2.45, 2.75) is 25.4 Å². The van der Waals surface area contributed by atoms with Gasteiger partial charge in [-0.15, -0.1) is 0 Å². The first kappa shape index (κ1) is 13.2. The number of hydrogen-bond acceptors (Lipinski definition) is 4. The van der Waals surface area contributed by atoms with E-state index in [-0.39, 0.29) is 6.10 Å². The van der Waals surface area contributed by atoms with Gasteiger partial charge in [0.15, 0.2) is 0 Å². The monoisotopic (exact) mass is 291 g/mol. The third-order valence-electron chi connectivity index (χ3n) is 3.54. The zero-order valence-corrected chi connectivity index (χ0v) is 11.8. The van der Waals surface area contributed by atoms with Crippen LogP contribution in [0.1, 0.15) is 29.6 Å². The van der Waals surface area contributed by atoms with Gasteiger partial charge in [0.05, 0.1) is 18.8 Å². The number of fused-ring (bicyclic) bond motifs is 1. The van der Waals surface area contributed by atoms with Crippen molar-refractivity contribution in [3.63, 3.8) is 0 Å². The van der Waals surface area contributed by atoms with E-state index in [0.717, 1.165) is 12.8 Å². The van der Waals surface area contributed by atoms with Crippen molar-refractivity contribution in [3.8, 4) is 5.75 Å². The Bertz CT molecular complexity index is 667. The molecule has 0 amide bonds. The molecule has 20 heavy (non-hydrogen) atoms. The van der Waals surface area contributed by atoms with Crippen LogP contribution in [0.3, 0.4) is 0 Å². The Labute approximate surface area is 121 Å². The summed E-state index contributed by atoms with van der Waals surface area (Å²) in [6, 6.07) is 6.89. The summed E-state index contributed by atoms with van der Waals surface area (Å²) in [5.74, 6) is 0.272. The second kappa shape index (κ2) is 5.29. The van der Waals surface area contributed by atoms with Crippen molar-refractivity contribution in [1.82, 2.24) is 4.98 Å². The second-order valence-corrected chi connectivity index (χ2v) is 5.19. The van der Waals surface area contributed by atoms with E-state index in [4.69, 9.17) is 21.1 Å². The van der Waals surface area contributed by atoms with Crippen LogP contribution >= 0.6 is 11.6 Å². The largest absolute Gasteiger partial charge is 0.488 e. The van der Waals surface area contributed by atoms with Gasteiger partial charge in [0, 0.05) is 5.39 Å². The highest BCUT2D eigenvalue weighted by atomic mass is 35.5. The number of hydrogen-bond donors (Lipinski definition) is 0. The van der Waals surface area contributed by atoms with Crippen molar-refractivity contribution >= 4 is 28.5 Å². The number of carbonyl (C=O) groups is 1. The van der Waals surface area contributed by atoms with E-state index in [1.165, 1.54) is 13.5 Å². The Kier molecular flexibility index (Phi) is 3.49. The van der Waals surface area contributed by atoms with Gasteiger partial charge < -0.3 is 9.47 Å². The maximum Gasteiger partial charge on any atom is 0.338 e. The van der Waals surface area contributed by atoms with Crippen LogP contribution < -0.4 is 4.74 Å². The molecule has 1 heterocycles. The molecule has 0 N–H and O–H groups in total. The number of ether oxygens (including phenoxy) is 2. The molecule has 0 bridgehead atoms. The molecule has 0 radical (unpaired) electrons. The number of benzene rings is 1. The predicted octanol–water partition coefficient (Wildman–Crippen LogP) is 3.61. The highest BCUT2D eigenvalue weighted by molar-refractivity contribution is 6.30. The van der Waals surface area contributed by atoms with Gasteiger partial charge in [0.1, 0.15) is 16.4 Å². The molecule has 2 aromatic rings. The summed E-state index contributed by atoms with van der Waals surface area (Å²) < 4.78 is 10.7. The summed E-state index contributed by atoms with van der Waals surface area (Å²) in [4.78, 5) is 16.1. The summed E-state index contributed by atoms with van der Waals surface area (Å²) in [6.45, 7) is 0. The lowest BCUT2D eigenvalue weighted by atomic mass is 9.96. The lowest BCUT2D eigenvalue weighted by Crippen LogP contribution is -2.24. The van der Waals surface area contributed by atoms with Gasteiger partial charge in [0.2, 0.25) is 0 Å². The average molecular weight is 292 g/mol. The molecule has 1 saturated carbocycles. The molecule has 1 aromatic carbocycles. The van der Waals surface area contributed by atoms with Crippen LogP contribution in [0.25, 0.3) is 10.9 Å². The van der Waals surface area contributed by atoms with Crippen molar-refractivity contribution in [1.29, 1.82) is 0 Å². The lowest BCUT2D eigenvalue weighted by molar-refractivity contribution is 0.0603. The maximum absolute atomic E-state index is 11.8. The van der Waals surface area contributed by atoms with Gasteiger partial charge in [-0.05, 0) is 43.5 Å². The van der Waals surface area contributed by atoms with E-state index in [0.29, 0.717) is 27.4 Å². The molecular formula is C15H14ClNO3. The molecule has 1 aliphatic rings. The van der Waals surface area contributed by atoms with Crippen molar-refractivity contribution in [2.24, 2.45) is 0 Å². The SMILES string of the molecule is COC(=O)c1ccc(OC2CCC2)c2nc(Cl)ccc12. The van der Waals surface area contributed by atoms with Crippen LogP contribution in [0, 0.1) is 0 Å². The molecule has 1 fully saturated rings. The van der Waals surface area contributed by atoms with Gasteiger partial charge in [-0.25, -0.2) is 9.78 Å². The Morgan fingerprint density at radius 1 is 1.30 bits per heavy atom. The molecule has 0 spiro atoms. The van der Waals surface area contributed by atoms with Crippen LogP contribution in [0.15, 0.2) is 24.3 Å². The fourth-order valence-corrected chi connectivity index (χ4v) is 2.37. The minimum absolute atomic E-state index is 0.239. The molecule has 4 nitrogen and oxygen atoms in total. The molecule has 3 rings (SSSR count). The number of rotatable bonds is 3. The summed E-state index contributed by atoms with van der Waals surface area (Å²) in [6.07, 6.45) is 3.54. The number of aromatic nitrogens is 1. The third kappa shape index (κ3) is 2.31. The highest BCUT2D eigenvalue weighted by Gasteiger charge is 2.22. The first-order valence-corrected chi connectivity index (χ1v) is 6.91. The molecule has 0 saturated heterocycles. The van der Waals surface area contributed by atoms with Crippen LogP contribution in [-0.4, -0.2) is 24.2 Å². The van der Waals surface area contributed by atoms with Crippen molar-refractivity contribution in [3.05, 3.63) is 35.0 Å². The average Bonchev–Trinajstić information content (AvgIpc) is 2.41. The Morgan fingerprint density at radius 2 is 2.10 bits per heavy atom. The summed E-state index contributed by atoms with van der Waals surface area (Å²) in [7, 11) is 1.36. The van der Waals surface area contributed by atoms with E-state index in [1.807, 2.05) is 0 Å². The van der Waals surface area contributed by atoms with E-state index in [1.54, 1.807) is 24.3 Å². The number of esters is 1. The zero-order chi connectivity index (χ0) is 14.1. The first-order chi connectivity index (χ1) is 9.69. The topological polar surface area (TPSA) is 48.4 Å². The minimum Gasteiger partial charge on any atom is -0.488 e. The number of methoxy groups -OCH3 is 1. The number of pyridine rings is 1. The van der Waals surface area contributed by atoms with E-state index >= 15 is 0 Å². The standard InChI is InChI=1S/C15H14ClNO3/c1-19-15(18)11-5-7-12(20-9-3-2-4-9)14-10(11)6-8-13(16)17-14/h5-9H,2-4H2,1H3. The normalized spacial score (nSPS) is 14.9. The predicted molar refractivity (Wildman–Crippen MR) is 76.4 cm³/mol. The number of carbonyl (C=O) groups excluding carboxylic acids is 1. The molecule has 0 atom stereocenters. The van der Waals surface area contributed by atoms with E-state index in [2.05, 4.69) is 4.98 Å². The zero-order valence-electron chi connectivity index (χ0n) is 11.1. The van der Waals surface area contributed by atoms with Crippen LogP contribution in [0.2, 0.25) is 5.15 Å². The second-order valence-electron chi connectivity index (χ2n) is 4.80. The fourth-order valence-electron chi connectivity index (χ4n) is 2.22. The lowest BCUT2D eigenvalue weighted by Gasteiger charge is -2.26. The summed E-state index contributed by atoms with van der Waals surface area (Å²) in [5.41, 5.74) is 1.07. The van der Waals surface area contributed by atoms with Crippen LogP contribution in [0.4, 0.5) is 0 Å². The quantitative estimate of drug-likeness (QED) is 0.640. The van der Waals surface area contributed by atoms with Crippen molar-refractivity contribution < 1.29 is 14.3 Å². The highest BCUT2D eigenvalue weighted by Crippen LogP contribution is 2.32. The van der Waals surface area contributed by atoms with Gasteiger partial charge in [0.25, 0.3) is 0 Å². The molecular weight excluding hydrogens is 278 g/mol. The molecule has 5 heteroatoms. The van der Waals surface area contributed by atoms with Gasteiger partial charge in [-0.1, -0.05) is 11.6 Å². The number of nitrogens with zero attached hydrogens (tertiary/aromatic N) is 1. The van der Waals surface area contributed by atoms with Crippen LogP contribution in [0.5, 0.6) is 5.75 Å². The summed E-state index contributed by atoms with van der Waals surface area (Å²) in [5, 5.41) is 1.07. The Balaban J connectivity index is 2.11.